The van der Waals surface area contributed by atoms with E-state index < -0.39 is 25.4 Å². The van der Waals surface area contributed by atoms with E-state index in [2.05, 4.69) is 9.68 Å². The zero-order valence-corrected chi connectivity index (χ0v) is 15.3. The molecule has 0 unspecified atom stereocenters. The topological polar surface area (TPSA) is 119 Å². The average molecular weight is 408 g/mol. The van der Waals surface area contributed by atoms with Crippen molar-refractivity contribution < 1.29 is 16.8 Å². The molecule has 0 saturated carbocycles. The van der Waals surface area contributed by atoms with E-state index in [9.17, 15) is 16.8 Å². The number of sulfonamides is 1. The number of nitrogens with two attached hydrogens (primary N) is 1. The third-order valence-corrected chi connectivity index (χ3v) is 4.94. The van der Waals surface area contributed by atoms with Gasteiger partial charge in [0.2, 0.25) is 10.0 Å². The van der Waals surface area contributed by atoms with Crippen LogP contribution in [0.15, 0.2) is 39.6 Å². The first-order valence-electron chi connectivity index (χ1n) is 6.30. The third-order valence-electron chi connectivity index (χ3n) is 3.03. The Morgan fingerprint density at radius 3 is 2.17 bits per heavy atom. The van der Waals surface area contributed by atoms with Crippen LogP contribution >= 0.6 is 23.2 Å². The molecule has 0 aliphatic rings. The minimum absolute atomic E-state index is 0.112. The fraction of sp³-hybridized carbons (Fsp3) is 0.0769. The zero-order chi connectivity index (χ0) is 18.1. The van der Waals surface area contributed by atoms with E-state index in [1.807, 2.05) is 0 Å². The molecule has 0 atom stereocenters. The molecule has 128 valence electrons. The molecule has 7 nitrogen and oxygen atoms in total. The first-order chi connectivity index (χ1) is 11.1. The maximum atomic E-state index is 11.7. The van der Waals surface area contributed by atoms with Crippen LogP contribution in [-0.4, -0.2) is 16.8 Å². The van der Waals surface area contributed by atoms with E-state index in [4.69, 9.17) is 28.3 Å². The van der Waals surface area contributed by atoms with Gasteiger partial charge in [-0.1, -0.05) is 35.3 Å². The quantitative estimate of drug-likeness (QED) is 0.804. The summed E-state index contributed by atoms with van der Waals surface area (Å²) in [4.78, 5) is -0.442. The Morgan fingerprint density at radius 2 is 1.67 bits per heavy atom. The van der Waals surface area contributed by atoms with Crippen molar-refractivity contribution in [1.29, 1.82) is 0 Å². The fourth-order valence-electron chi connectivity index (χ4n) is 1.97. The van der Waals surface area contributed by atoms with Crippen molar-refractivity contribution in [2.24, 2.45) is 9.50 Å². The van der Waals surface area contributed by atoms with Gasteiger partial charge in [0.25, 0.3) is 0 Å². The molecule has 0 amide bonds. The first-order valence-corrected chi connectivity index (χ1v) is 9.63. The van der Waals surface area contributed by atoms with Gasteiger partial charge in [0.1, 0.15) is 10.6 Å². The highest BCUT2D eigenvalue weighted by atomic mass is 35.5. The molecule has 0 aliphatic carbocycles. The minimum atomic E-state index is -4.20. The van der Waals surface area contributed by atoms with Gasteiger partial charge in [0, 0.05) is 0 Å². The summed E-state index contributed by atoms with van der Waals surface area (Å²) < 4.78 is 48.8. The summed E-state index contributed by atoms with van der Waals surface area (Å²) in [5.74, 6) is 0. The van der Waals surface area contributed by atoms with Gasteiger partial charge in [0.05, 0.1) is 21.4 Å². The normalized spacial score (nSPS) is 11.2. The highest BCUT2D eigenvalue weighted by Gasteiger charge is 2.21. The van der Waals surface area contributed by atoms with Crippen molar-refractivity contribution in [3.05, 3.63) is 45.9 Å². The third kappa shape index (κ3) is 4.05. The minimum Gasteiger partial charge on any atom is -0.351 e. The largest absolute Gasteiger partial charge is 0.351 e. The lowest BCUT2D eigenvalue weighted by molar-refractivity contribution is 0.598. The molecule has 0 radical (unpaired) electrons. The highest BCUT2D eigenvalue weighted by molar-refractivity contribution is 7.89. The van der Waals surface area contributed by atoms with Crippen LogP contribution in [0.2, 0.25) is 10.0 Å². The first kappa shape index (κ1) is 18.7. The van der Waals surface area contributed by atoms with Gasteiger partial charge in [-0.05, 0) is 30.7 Å². The standard InChI is InChI=1S/C13H11Cl2N3O4S2/c1-7-5-6-10(24(16,21)22)13(18-23(19)20)11(7)17-12-8(14)3-2-4-9(12)15/h2-6,17H,1H3,(H2,16,21,22). The molecule has 2 aromatic carbocycles. The molecule has 0 spiro atoms. The van der Waals surface area contributed by atoms with Crippen molar-refractivity contribution in [3.63, 3.8) is 0 Å². The zero-order valence-electron chi connectivity index (χ0n) is 12.1. The average Bonchev–Trinajstić information content (AvgIpc) is 2.43. The number of rotatable bonds is 4. The van der Waals surface area contributed by atoms with E-state index in [1.165, 1.54) is 12.1 Å². The van der Waals surface area contributed by atoms with E-state index in [-0.39, 0.29) is 27.1 Å². The number of anilines is 2. The number of hydrogen-bond donors (Lipinski definition) is 2. The van der Waals surface area contributed by atoms with Crippen molar-refractivity contribution in [1.82, 2.24) is 0 Å². The fourth-order valence-corrected chi connectivity index (χ4v) is 3.53. The van der Waals surface area contributed by atoms with Crippen molar-refractivity contribution >= 4 is 60.8 Å². The van der Waals surface area contributed by atoms with Crippen LogP contribution < -0.4 is 10.5 Å². The molecule has 0 aromatic heterocycles. The second-order valence-corrected chi connectivity index (χ2v) is 7.64. The van der Waals surface area contributed by atoms with E-state index in [0.29, 0.717) is 5.56 Å². The second-order valence-electron chi connectivity index (χ2n) is 4.68. The molecule has 0 fully saturated rings. The number of benzene rings is 2. The second kappa shape index (κ2) is 7.08. The summed E-state index contributed by atoms with van der Waals surface area (Å²) in [6.07, 6.45) is 0. The number of hydrogen-bond acceptors (Lipinski definition) is 6. The Bertz CT molecular complexity index is 1020. The van der Waals surface area contributed by atoms with Crippen LogP contribution in [0.25, 0.3) is 0 Å². The predicted octanol–water partition coefficient (Wildman–Crippen LogP) is 3.39. The number of nitrogens with one attached hydrogen (secondary N) is 1. The summed E-state index contributed by atoms with van der Waals surface area (Å²) in [5, 5.41) is 8.50. The lowest BCUT2D eigenvalue weighted by Crippen LogP contribution is -2.13. The molecule has 0 heterocycles. The van der Waals surface area contributed by atoms with Gasteiger partial charge in [-0.3, -0.25) is 0 Å². The lowest BCUT2D eigenvalue weighted by atomic mass is 10.1. The number of primary sulfonamides is 1. The van der Waals surface area contributed by atoms with Crippen LogP contribution in [0.3, 0.4) is 0 Å². The van der Waals surface area contributed by atoms with Gasteiger partial charge in [-0.15, -0.1) is 4.36 Å². The Hall–Kier alpha value is -1.65. The van der Waals surface area contributed by atoms with E-state index >= 15 is 0 Å². The number of halogens is 2. The summed E-state index contributed by atoms with van der Waals surface area (Å²) in [5.41, 5.74) is 0.564. The summed E-state index contributed by atoms with van der Waals surface area (Å²) in [6.45, 7) is 1.63. The van der Waals surface area contributed by atoms with E-state index in [1.54, 1.807) is 25.1 Å². The van der Waals surface area contributed by atoms with Crippen LogP contribution in [0, 0.1) is 6.92 Å². The Morgan fingerprint density at radius 1 is 1.08 bits per heavy atom. The summed E-state index contributed by atoms with van der Waals surface area (Å²) in [7, 11) is -7.10. The number of aryl methyl sites for hydroxylation is 1. The monoisotopic (exact) mass is 407 g/mol. The molecule has 2 aromatic rings. The lowest BCUT2D eigenvalue weighted by Gasteiger charge is -2.16. The Kier molecular flexibility index (Phi) is 5.51. The molecular weight excluding hydrogens is 397 g/mol. The summed E-state index contributed by atoms with van der Waals surface area (Å²) >= 11 is 12.2. The predicted molar refractivity (Wildman–Crippen MR) is 93.3 cm³/mol. The molecule has 0 bridgehead atoms. The van der Waals surface area contributed by atoms with Gasteiger partial charge in [-0.2, -0.15) is 8.42 Å². The van der Waals surface area contributed by atoms with Crippen molar-refractivity contribution in [3.8, 4) is 0 Å². The van der Waals surface area contributed by atoms with Crippen molar-refractivity contribution in [2.75, 3.05) is 5.32 Å². The molecular formula is C13H11Cl2N3O4S2. The Labute approximate surface area is 150 Å². The van der Waals surface area contributed by atoms with Crippen LogP contribution in [0.5, 0.6) is 0 Å². The van der Waals surface area contributed by atoms with Gasteiger partial charge in [-0.25, -0.2) is 13.6 Å². The number of para-hydroxylation sites is 1. The van der Waals surface area contributed by atoms with E-state index in [0.717, 1.165) is 0 Å². The van der Waals surface area contributed by atoms with Crippen LogP contribution in [-0.2, 0) is 20.5 Å². The molecule has 11 heteroatoms. The SMILES string of the molecule is Cc1ccc(S(N)(=O)=O)c(N=S(=O)=O)c1Nc1c(Cl)cccc1Cl. The van der Waals surface area contributed by atoms with Gasteiger partial charge in [0.15, 0.2) is 0 Å². The molecule has 3 N–H and O–H groups in total. The van der Waals surface area contributed by atoms with Gasteiger partial charge < -0.3 is 5.32 Å². The Balaban J connectivity index is 2.80. The van der Waals surface area contributed by atoms with Crippen molar-refractivity contribution in [2.45, 2.75) is 11.8 Å². The molecule has 24 heavy (non-hydrogen) atoms. The van der Waals surface area contributed by atoms with Gasteiger partial charge >= 0.3 is 10.5 Å². The number of nitrogens with zero attached hydrogens (tertiary/aromatic N) is 1. The van der Waals surface area contributed by atoms with Crippen LogP contribution in [0.1, 0.15) is 5.56 Å². The maximum absolute atomic E-state index is 11.7. The maximum Gasteiger partial charge on any atom is 0.316 e. The molecule has 2 rings (SSSR count). The smallest absolute Gasteiger partial charge is 0.316 e. The molecule has 0 saturated heterocycles. The summed E-state index contributed by atoms with van der Waals surface area (Å²) in [6, 6.07) is 7.39. The molecule has 0 aliphatic heterocycles. The highest BCUT2D eigenvalue weighted by Crippen LogP contribution is 2.40. The van der Waals surface area contributed by atoms with Crippen LogP contribution in [0.4, 0.5) is 17.1 Å².